The maximum atomic E-state index is 11.6. The Morgan fingerprint density at radius 1 is 1.19 bits per heavy atom. The molecule has 3 rings (SSSR count). The van der Waals surface area contributed by atoms with E-state index in [0.717, 1.165) is 25.2 Å². The van der Waals surface area contributed by atoms with Crippen LogP contribution in [0.5, 0.6) is 0 Å². The summed E-state index contributed by atoms with van der Waals surface area (Å²) in [6.45, 7) is 4.90. The van der Waals surface area contributed by atoms with Crippen LogP contribution in [0.15, 0.2) is 23.3 Å². The molecular formula is C26H43NO4. The van der Waals surface area contributed by atoms with Crippen molar-refractivity contribution in [1.29, 1.82) is 0 Å². The van der Waals surface area contributed by atoms with Crippen LogP contribution in [0.4, 0.5) is 0 Å². The van der Waals surface area contributed by atoms with E-state index in [-0.39, 0.29) is 5.91 Å². The molecule has 5 nitrogen and oxygen atoms in total. The van der Waals surface area contributed by atoms with Crippen LogP contribution in [-0.2, 0) is 4.79 Å². The summed E-state index contributed by atoms with van der Waals surface area (Å²) in [4.78, 5) is 11.6. The highest BCUT2D eigenvalue weighted by atomic mass is 16.5. The number of nitrogens with zero attached hydrogens (tertiary/aromatic N) is 1. The maximum Gasteiger partial charge on any atom is 0.245 e. The van der Waals surface area contributed by atoms with Crippen LogP contribution < -0.4 is 0 Å². The lowest BCUT2D eigenvalue weighted by molar-refractivity contribution is -0.159. The molecule has 176 valence electrons. The van der Waals surface area contributed by atoms with Gasteiger partial charge in [-0.15, -0.1) is 0 Å². The van der Waals surface area contributed by atoms with Crippen molar-refractivity contribution in [1.82, 2.24) is 5.06 Å². The van der Waals surface area contributed by atoms with E-state index < -0.39 is 12.2 Å². The molecule has 3 aliphatic rings. The number of allylic oxidation sites excluding steroid dienone is 3. The minimum absolute atomic E-state index is 0.199. The van der Waals surface area contributed by atoms with Gasteiger partial charge in [0.1, 0.15) is 0 Å². The quantitative estimate of drug-likeness (QED) is 0.300. The van der Waals surface area contributed by atoms with Gasteiger partial charge in [0, 0.05) is 13.5 Å². The van der Waals surface area contributed by atoms with Crippen LogP contribution in [0.3, 0.4) is 0 Å². The molecule has 1 amide bonds. The van der Waals surface area contributed by atoms with Crippen molar-refractivity contribution in [3.8, 4) is 0 Å². The van der Waals surface area contributed by atoms with Gasteiger partial charge >= 0.3 is 0 Å². The minimum Gasteiger partial charge on any atom is -0.393 e. The number of hydroxylamine groups is 2. The van der Waals surface area contributed by atoms with E-state index in [0.29, 0.717) is 48.0 Å². The number of hydrogen-bond acceptors (Lipinski definition) is 4. The van der Waals surface area contributed by atoms with Gasteiger partial charge in [0.25, 0.3) is 0 Å². The van der Waals surface area contributed by atoms with Crippen LogP contribution in [0, 0.1) is 23.2 Å². The number of fused-ring (bicyclic) bond motifs is 1. The second kappa shape index (κ2) is 10.6. The number of rotatable bonds is 7. The molecule has 3 aliphatic carbocycles. The topological polar surface area (TPSA) is 81.0 Å². The summed E-state index contributed by atoms with van der Waals surface area (Å²) < 4.78 is 0. The van der Waals surface area contributed by atoms with Gasteiger partial charge in [-0.05, 0) is 81.0 Å². The summed E-state index contributed by atoms with van der Waals surface area (Å²) in [6, 6.07) is 0. The van der Waals surface area contributed by atoms with Gasteiger partial charge < -0.3 is 10.2 Å². The summed E-state index contributed by atoms with van der Waals surface area (Å²) in [7, 11) is 1.40. The van der Waals surface area contributed by atoms with Crippen LogP contribution in [0.1, 0.15) is 90.9 Å². The maximum absolute atomic E-state index is 11.6. The van der Waals surface area contributed by atoms with Crippen LogP contribution in [-0.4, -0.2) is 45.6 Å². The Labute approximate surface area is 188 Å². The van der Waals surface area contributed by atoms with Crippen molar-refractivity contribution in [3.05, 3.63) is 23.3 Å². The number of unbranched alkanes of at least 4 members (excludes halogenated alkanes) is 1. The molecule has 0 spiro atoms. The second-order valence-corrected chi connectivity index (χ2v) is 10.8. The van der Waals surface area contributed by atoms with Crippen molar-refractivity contribution in [2.24, 2.45) is 23.2 Å². The van der Waals surface area contributed by atoms with Gasteiger partial charge in [-0.25, -0.2) is 5.06 Å². The number of amides is 1. The van der Waals surface area contributed by atoms with Crippen molar-refractivity contribution >= 4 is 5.91 Å². The fraction of sp³-hybridized carbons (Fsp3) is 0.808. The van der Waals surface area contributed by atoms with E-state index in [4.69, 9.17) is 0 Å². The Morgan fingerprint density at radius 2 is 1.90 bits per heavy atom. The predicted octanol–water partition coefficient (Wildman–Crippen LogP) is 5.01. The average molecular weight is 434 g/mol. The Hall–Kier alpha value is -1.17. The molecule has 3 N–H and O–H groups in total. The monoisotopic (exact) mass is 433 g/mol. The Kier molecular flexibility index (Phi) is 8.39. The number of aliphatic hydroxyl groups excluding tert-OH is 2. The summed E-state index contributed by atoms with van der Waals surface area (Å²) in [5.41, 5.74) is 3.11. The van der Waals surface area contributed by atoms with E-state index in [1.54, 1.807) is 5.57 Å². The molecule has 0 aliphatic heterocycles. The SMILES string of the molecule is C[C@H](CCCCC(=O)N(C)O)[C@H]1CC[C@H]2/C(=C\C=C3C[C@@H](O)C[C@H](O)C3)CCC[C@]12C. The van der Waals surface area contributed by atoms with E-state index in [1.807, 2.05) is 0 Å². The van der Waals surface area contributed by atoms with Crippen LogP contribution in [0.2, 0.25) is 0 Å². The van der Waals surface area contributed by atoms with Gasteiger partial charge in [-0.3, -0.25) is 10.0 Å². The van der Waals surface area contributed by atoms with E-state index in [1.165, 1.54) is 44.7 Å². The molecule has 0 bridgehead atoms. The summed E-state index contributed by atoms with van der Waals surface area (Å²) in [5.74, 6) is 1.82. The normalized spacial score (nSPS) is 35.7. The molecular weight excluding hydrogens is 390 g/mol. The van der Waals surface area contributed by atoms with E-state index in [9.17, 15) is 20.2 Å². The van der Waals surface area contributed by atoms with Gasteiger partial charge in [0.15, 0.2) is 0 Å². The first-order valence-corrected chi connectivity index (χ1v) is 12.4. The first kappa shape index (κ1) is 24.5. The molecule has 0 aromatic carbocycles. The zero-order valence-corrected chi connectivity index (χ0v) is 19.7. The first-order valence-electron chi connectivity index (χ1n) is 12.4. The zero-order chi connectivity index (χ0) is 22.6. The van der Waals surface area contributed by atoms with Crippen molar-refractivity contribution < 1.29 is 20.2 Å². The van der Waals surface area contributed by atoms with Crippen molar-refractivity contribution in [2.45, 2.75) is 103 Å². The molecule has 0 aromatic rings. The number of carbonyl (C=O) groups is 1. The molecule has 3 fully saturated rings. The molecule has 0 heterocycles. The third-order valence-corrected chi connectivity index (χ3v) is 8.46. The average Bonchev–Trinajstić information content (AvgIpc) is 3.06. The van der Waals surface area contributed by atoms with E-state index in [2.05, 4.69) is 26.0 Å². The Balaban J connectivity index is 1.59. The highest BCUT2D eigenvalue weighted by molar-refractivity contribution is 5.74. The van der Waals surface area contributed by atoms with Crippen molar-refractivity contribution in [2.75, 3.05) is 7.05 Å². The standard InChI is InChI=1S/C26H43NO4/c1-18(7-4-5-9-25(30)27(3)31)23-12-13-24-20(8-6-14-26(23,24)2)11-10-19-15-21(28)17-22(29)16-19/h10-11,18,21-24,28-29,31H,4-9,12-17H2,1-3H3/b20-11-/t18-,21-,22-,23-,24+,26-/m1/s1. The summed E-state index contributed by atoms with van der Waals surface area (Å²) >= 11 is 0. The molecule has 31 heavy (non-hydrogen) atoms. The van der Waals surface area contributed by atoms with Gasteiger partial charge in [0.05, 0.1) is 12.2 Å². The van der Waals surface area contributed by atoms with E-state index >= 15 is 0 Å². The molecule has 0 radical (unpaired) electrons. The molecule has 5 heteroatoms. The first-order chi connectivity index (χ1) is 14.7. The third kappa shape index (κ3) is 6.00. The smallest absolute Gasteiger partial charge is 0.245 e. The molecule has 6 atom stereocenters. The number of hydrogen-bond donors (Lipinski definition) is 3. The second-order valence-electron chi connectivity index (χ2n) is 10.8. The van der Waals surface area contributed by atoms with Gasteiger partial charge in [-0.1, -0.05) is 50.0 Å². The molecule has 3 saturated carbocycles. The van der Waals surface area contributed by atoms with Crippen molar-refractivity contribution in [3.63, 3.8) is 0 Å². The zero-order valence-electron chi connectivity index (χ0n) is 19.7. The predicted molar refractivity (Wildman–Crippen MR) is 122 cm³/mol. The Morgan fingerprint density at radius 3 is 2.58 bits per heavy atom. The lowest BCUT2D eigenvalue weighted by Gasteiger charge is -2.44. The third-order valence-electron chi connectivity index (χ3n) is 8.46. The molecule has 0 saturated heterocycles. The van der Waals surface area contributed by atoms with Crippen LogP contribution >= 0.6 is 0 Å². The van der Waals surface area contributed by atoms with Gasteiger partial charge in [-0.2, -0.15) is 0 Å². The van der Waals surface area contributed by atoms with Crippen LogP contribution in [0.25, 0.3) is 0 Å². The number of carbonyl (C=O) groups excluding carboxylic acids is 1. The summed E-state index contributed by atoms with van der Waals surface area (Å²) in [5, 5.41) is 29.8. The highest BCUT2D eigenvalue weighted by Gasteiger charge is 2.50. The Bertz CT molecular complexity index is 673. The fourth-order valence-electron chi connectivity index (χ4n) is 6.85. The largest absolute Gasteiger partial charge is 0.393 e. The number of aliphatic hydroxyl groups is 2. The highest BCUT2D eigenvalue weighted by Crippen LogP contribution is 2.59. The lowest BCUT2D eigenvalue weighted by Crippen LogP contribution is -2.36. The minimum atomic E-state index is -0.408. The van der Waals surface area contributed by atoms with Gasteiger partial charge in [0.2, 0.25) is 5.91 Å². The fourth-order valence-corrected chi connectivity index (χ4v) is 6.85. The summed E-state index contributed by atoms with van der Waals surface area (Å²) in [6.07, 6.45) is 15.3. The lowest BCUT2D eigenvalue weighted by atomic mass is 9.60. The molecule has 0 aromatic heterocycles. The molecule has 0 unspecified atom stereocenters.